The predicted molar refractivity (Wildman–Crippen MR) is 116 cm³/mol. The summed E-state index contributed by atoms with van der Waals surface area (Å²) in [5, 5.41) is 0. The van der Waals surface area contributed by atoms with Crippen molar-refractivity contribution in [3.05, 3.63) is 29.5 Å². The van der Waals surface area contributed by atoms with Crippen molar-refractivity contribution in [3.63, 3.8) is 0 Å². The molecule has 1 saturated carbocycles. The van der Waals surface area contributed by atoms with Gasteiger partial charge in [-0.15, -0.1) is 0 Å². The van der Waals surface area contributed by atoms with Crippen LogP contribution < -0.4 is 15.4 Å². The zero-order valence-electron chi connectivity index (χ0n) is 17.0. The van der Waals surface area contributed by atoms with Gasteiger partial charge in [0.1, 0.15) is 12.0 Å². The summed E-state index contributed by atoms with van der Waals surface area (Å²) in [6.07, 6.45) is 9.06. The lowest BCUT2D eigenvalue weighted by Crippen LogP contribution is -2.36. The van der Waals surface area contributed by atoms with Crippen LogP contribution >= 0.6 is 0 Å². The van der Waals surface area contributed by atoms with Crippen LogP contribution in [-0.2, 0) is 17.8 Å². The average molecular weight is 403 g/mol. The molecule has 0 spiro atoms. The van der Waals surface area contributed by atoms with Gasteiger partial charge >= 0.3 is 0 Å². The van der Waals surface area contributed by atoms with Crippen LogP contribution in [0.1, 0.15) is 43.7 Å². The average Bonchev–Trinajstić information content (AvgIpc) is 3.12. The quantitative estimate of drug-likeness (QED) is 0.766. The first-order valence-electron chi connectivity index (χ1n) is 10.1. The van der Waals surface area contributed by atoms with Crippen molar-refractivity contribution < 1.29 is 9.29 Å². The number of anilines is 1. The van der Waals surface area contributed by atoms with Crippen molar-refractivity contribution in [2.75, 3.05) is 31.3 Å². The van der Waals surface area contributed by atoms with Crippen molar-refractivity contribution >= 4 is 28.5 Å². The number of rotatable bonds is 5. The van der Waals surface area contributed by atoms with E-state index in [9.17, 15) is 4.55 Å². The molecule has 4 rings (SSSR count). The summed E-state index contributed by atoms with van der Waals surface area (Å²) in [6.45, 7) is 3.55. The summed E-state index contributed by atoms with van der Waals surface area (Å²) in [7, 11) is 2.15. The highest BCUT2D eigenvalue weighted by atomic mass is 32.2. The van der Waals surface area contributed by atoms with Gasteiger partial charge in [-0.05, 0) is 51.2 Å². The molecule has 6 nitrogen and oxygen atoms in total. The van der Waals surface area contributed by atoms with Gasteiger partial charge in [-0.1, -0.05) is 0 Å². The molecule has 2 heterocycles. The molecule has 2 aliphatic heterocycles. The van der Waals surface area contributed by atoms with Gasteiger partial charge < -0.3 is 19.9 Å². The Kier molecular flexibility index (Phi) is 5.47. The summed E-state index contributed by atoms with van der Waals surface area (Å²) in [6, 6.07) is 4.77. The van der Waals surface area contributed by atoms with Gasteiger partial charge in [0, 0.05) is 41.7 Å². The smallest absolute Gasteiger partial charge is 0.178 e. The lowest BCUT2D eigenvalue weighted by molar-refractivity contribution is 0.118. The first-order chi connectivity index (χ1) is 13.5. The summed E-state index contributed by atoms with van der Waals surface area (Å²) in [4.78, 5) is 6.95. The second kappa shape index (κ2) is 7.87. The van der Waals surface area contributed by atoms with Crippen LogP contribution in [-0.4, -0.2) is 53.2 Å². The third-order valence-electron chi connectivity index (χ3n) is 6.23. The van der Waals surface area contributed by atoms with E-state index in [1.807, 2.05) is 4.31 Å². The van der Waals surface area contributed by atoms with E-state index in [4.69, 9.17) is 10.5 Å². The zero-order valence-corrected chi connectivity index (χ0v) is 17.8. The molecule has 0 bridgehead atoms. The van der Waals surface area contributed by atoms with Gasteiger partial charge in [-0.2, -0.15) is 4.31 Å². The van der Waals surface area contributed by atoms with E-state index in [1.54, 1.807) is 12.5 Å². The maximum atomic E-state index is 12.2. The molecule has 2 N–H and O–H groups in total. The minimum atomic E-state index is -1.13. The van der Waals surface area contributed by atoms with E-state index in [2.05, 4.69) is 36.0 Å². The molecule has 0 amide bonds. The summed E-state index contributed by atoms with van der Waals surface area (Å²) in [5.41, 5.74) is 10.4. The van der Waals surface area contributed by atoms with Gasteiger partial charge in [-0.25, -0.2) is 0 Å². The van der Waals surface area contributed by atoms with E-state index in [1.165, 1.54) is 17.7 Å². The minimum Gasteiger partial charge on any atom is -0.593 e. The van der Waals surface area contributed by atoms with Crippen LogP contribution in [0.5, 0.6) is 5.75 Å². The molecule has 7 heteroatoms. The van der Waals surface area contributed by atoms with Gasteiger partial charge in [0.05, 0.1) is 30.6 Å². The fourth-order valence-corrected chi connectivity index (χ4v) is 4.90. The van der Waals surface area contributed by atoms with E-state index in [-0.39, 0.29) is 6.10 Å². The van der Waals surface area contributed by atoms with Crippen LogP contribution in [0.15, 0.2) is 23.3 Å². The van der Waals surface area contributed by atoms with Gasteiger partial charge in [0.15, 0.2) is 5.84 Å². The number of amidine groups is 1. The number of aliphatic imine (C=N–C) groups is 1. The Morgan fingerprint density at radius 1 is 1.36 bits per heavy atom. The normalized spacial score (nSPS) is 23.9. The summed E-state index contributed by atoms with van der Waals surface area (Å²) < 4.78 is 20.5. The topological polar surface area (TPSA) is 77.1 Å². The van der Waals surface area contributed by atoms with Gasteiger partial charge in [0.25, 0.3) is 0 Å². The fourth-order valence-electron chi connectivity index (χ4n) is 4.16. The molecular weight excluding hydrogens is 372 g/mol. The molecule has 152 valence electrons. The molecule has 1 aliphatic carbocycles. The molecule has 3 aliphatic rings. The molecule has 0 saturated heterocycles. The molecule has 1 aromatic rings. The molecule has 2 unspecified atom stereocenters. The third-order valence-corrected chi connectivity index (χ3v) is 7.21. The lowest BCUT2D eigenvalue weighted by Gasteiger charge is -2.37. The first-order valence-corrected chi connectivity index (χ1v) is 11.7. The standard InChI is InChI=1S/C21H30N4O2S/c1-14-7-8-17-19(24(14)2)10-9-16(20(17)27-15-5-4-6-15)18(13-22)21-23-11-12-25(21)28(3)26/h9-10,13-15H,4-8,11-12,22H2,1-3H3. The second-order valence-corrected chi connectivity index (χ2v) is 9.21. The third kappa shape index (κ3) is 3.35. The number of hydrogen-bond acceptors (Lipinski definition) is 6. The van der Waals surface area contributed by atoms with E-state index in [0.717, 1.165) is 42.6 Å². The number of nitrogens with zero attached hydrogens (tertiary/aromatic N) is 3. The largest absolute Gasteiger partial charge is 0.593 e. The molecule has 0 radical (unpaired) electrons. The van der Waals surface area contributed by atoms with Crippen LogP contribution in [0.2, 0.25) is 0 Å². The fraction of sp³-hybridized carbons (Fsp3) is 0.571. The Labute approximate surface area is 170 Å². The molecule has 28 heavy (non-hydrogen) atoms. The number of benzene rings is 1. The second-order valence-electron chi connectivity index (χ2n) is 7.92. The molecular formula is C21H30N4O2S. The minimum absolute atomic E-state index is 0.274. The SMILES string of the molecule is CC1CCc2c(ccc(C(=CN)C3=NCCN3[S+](C)[O-])c2OC2CCC2)N1C. The van der Waals surface area contributed by atoms with Gasteiger partial charge in [0.2, 0.25) is 0 Å². The van der Waals surface area contributed by atoms with Crippen LogP contribution in [0.4, 0.5) is 5.69 Å². The van der Waals surface area contributed by atoms with Crippen molar-refractivity contribution in [1.82, 2.24) is 4.31 Å². The first kappa shape index (κ1) is 19.5. The molecule has 1 fully saturated rings. The van der Waals surface area contributed by atoms with Crippen LogP contribution in [0.3, 0.4) is 0 Å². The molecule has 1 aromatic carbocycles. The number of hydrogen-bond donors (Lipinski definition) is 1. The van der Waals surface area contributed by atoms with Crippen molar-refractivity contribution in [2.45, 2.75) is 51.2 Å². The van der Waals surface area contributed by atoms with Crippen molar-refractivity contribution in [2.24, 2.45) is 10.7 Å². The monoisotopic (exact) mass is 402 g/mol. The molecule has 0 aromatic heterocycles. The van der Waals surface area contributed by atoms with Crippen LogP contribution in [0, 0.1) is 0 Å². The number of fused-ring (bicyclic) bond motifs is 1. The highest BCUT2D eigenvalue weighted by Gasteiger charge is 2.33. The summed E-state index contributed by atoms with van der Waals surface area (Å²) in [5.74, 6) is 1.65. The lowest BCUT2D eigenvalue weighted by atomic mass is 9.90. The highest BCUT2D eigenvalue weighted by molar-refractivity contribution is 7.89. The Hall–Kier alpha value is -1.86. The molecule has 2 atom stereocenters. The Bertz CT molecular complexity index is 804. The van der Waals surface area contributed by atoms with Crippen molar-refractivity contribution in [3.8, 4) is 5.75 Å². The maximum absolute atomic E-state index is 12.2. The number of nitrogens with two attached hydrogens (primary N) is 1. The van der Waals surface area contributed by atoms with E-state index < -0.39 is 11.4 Å². The Morgan fingerprint density at radius 2 is 2.14 bits per heavy atom. The maximum Gasteiger partial charge on any atom is 0.178 e. The number of ether oxygens (including phenoxy) is 1. The zero-order chi connectivity index (χ0) is 19.8. The highest BCUT2D eigenvalue weighted by Crippen LogP contribution is 2.43. The Morgan fingerprint density at radius 3 is 2.79 bits per heavy atom. The summed E-state index contributed by atoms with van der Waals surface area (Å²) >= 11 is -1.13. The van der Waals surface area contributed by atoms with E-state index in [0.29, 0.717) is 25.0 Å². The van der Waals surface area contributed by atoms with Gasteiger partial charge in [-0.3, -0.25) is 4.99 Å². The van der Waals surface area contributed by atoms with Crippen LogP contribution in [0.25, 0.3) is 5.57 Å². The van der Waals surface area contributed by atoms with E-state index >= 15 is 0 Å². The Balaban J connectivity index is 1.79. The van der Waals surface area contributed by atoms with Crippen molar-refractivity contribution in [1.29, 1.82) is 0 Å². The predicted octanol–water partition coefficient (Wildman–Crippen LogP) is 2.70.